The molecule has 5 heteroatoms. The van der Waals surface area contributed by atoms with E-state index in [2.05, 4.69) is 13.8 Å². The third-order valence-corrected chi connectivity index (χ3v) is 6.81. The van der Waals surface area contributed by atoms with Crippen LogP contribution in [0.2, 0.25) is 0 Å². The van der Waals surface area contributed by atoms with Crippen molar-refractivity contribution >= 4 is 0 Å². The molecule has 0 atom stereocenters. The Labute approximate surface area is 198 Å². The van der Waals surface area contributed by atoms with E-state index in [1.807, 2.05) is 43.3 Å². The predicted molar refractivity (Wildman–Crippen MR) is 132 cm³/mol. The van der Waals surface area contributed by atoms with E-state index in [4.69, 9.17) is 0 Å². The second kappa shape index (κ2) is 8.34. The van der Waals surface area contributed by atoms with E-state index in [1.165, 1.54) is 24.3 Å². The summed E-state index contributed by atoms with van der Waals surface area (Å²) in [6.45, 7) is 6.09. The summed E-state index contributed by atoms with van der Waals surface area (Å²) in [5, 5.41) is 50.8. The Morgan fingerprint density at radius 1 is 0.441 bits per heavy atom. The van der Waals surface area contributed by atoms with E-state index in [1.54, 1.807) is 24.3 Å². The molecule has 5 nitrogen and oxygen atoms in total. The molecule has 4 aromatic rings. The molecule has 4 aromatic carbocycles. The van der Waals surface area contributed by atoms with Gasteiger partial charge in [-0.25, -0.2) is 0 Å². The standard InChI is InChI=1S/C29H28O5/c1-28(2,19-8-10-21(30)11-9-19)18-4-6-20(7-5-18)29(3,24-14-12-22(31)16-26(24)33)25-15-13-23(32)17-27(25)34/h4-17,30-34H,1-3H3. The molecule has 0 aliphatic carbocycles. The van der Waals surface area contributed by atoms with Crippen LogP contribution in [-0.2, 0) is 10.8 Å². The Bertz CT molecular complexity index is 1270. The van der Waals surface area contributed by atoms with Crippen LogP contribution in [0.25, 0.3) is 0 Å². The average Bonchev–Trinajstić information content (AvgIpc) is 2.79. The monoisotopic (exact) mass is 456 g/mol. The van der Waals surface area contributed by atoms with Crippen molar-refractivity contribution in [2.24, 2.45) is 0 Å². The molecule has 0 unspecified atom stereocenters. The van der Waals surface area contributed by atoms with Crippen molar-refractivity contribution < 1.29 is 25.5 Å². The normalized spacial score (nSPS) is 12.0. The molecular weight excluding hydrogens is 428 g/mol. The van der Waals surface area contributed by atoms with Gasteiger partial charge >= 0.3 is 0 Å². The quantitative estimate of drug-likeness (QED) is 0.241. The summed E-state index contributed by atoms with van der Waals surface area (Å²) in [6.07, 6.45) is 0. The van der Waals surface area contributed by atoms with E-state index in [0.717, 1.165) is 16.7 Å². The van der Waals surface area contributed by atoms with Crippen molar-refractivity contribution in [1.82, 2.24) is 0 Å². The summed E-state index contributed by atoms with van der Waals surface area (Å²) in [7, 11) is 0. The first-order chi connectivity index (χ1) is 16.0. The van der Waals surface area contributed by atoms with Gasteiger partial charge in [0, 0.05) is 34.1 Å². The summed E-state index contributed by atoms with van der Waals surface area (Å²) in [5.74, 6) is -0.130. The first-order valence-corrected chi connectivity index (χ1v) is 11.0. The maximum Gasteiger partial charge on any atom is 0.123 e. The fraction of sp³-hybridized carbons (Fsp3) is 0.172. The van der Waals surface area contributed by atoms with Crippen LogP contribution in [0.4, 0.5) is 0 Å². The zero-order valence-corrected chi connectivity index (χ0v) is 19.3. The fourth-order valence-electron chi connectivity index (χ4n) is 4.61. The number of rotatable bonds is 5. The molecule has 174 valence electrons. The first-order valence-electron chi connectivity index (χ1n) is 11.0. The SMILES string of the molecule is CC(C)(c1ccc(O)cc1)c1ccc(C(C)(c2ccc(O)cc2O)c2ccc(O)cc2O)cc1. The molecule has 0 fully saturated rings. The molecule has 0 saturated carbocycles. The highest BCUT2D eigenvalue weighted by Crippen LogP contribution is 2.47. The molecule has 0 aliphatic rings. The van der Waals surface area contributed by atoms with Crippen LogP contribution in [0.3, 0.4) is 0 Å². The van der Waals surface area contributed by atoms with E-state index >= 15 is 0 Å². The smallest absolute Gasteiger partial charge is 0.123 e. The van der Waals surface area contributed by atoms with Crippen molar-refractivity contribution in [2.45, 2.75) is 31.6 Å². The third kappa shape index (κ3) is 3.90. The van der Waals surface area contributed by atoms with Crippen LogP contribution in [0.15, 0.2) is 84.9 Å². The average molecular weight is 457 g/mol. The number of hydrogen-bond donors (Lipinski definition) is 5. The van der Waals surface area contributed by atoms with Gasteiger partial charge in [0.2, 0.25) is 0 Å². The summed E-state index contributed by atoms with van der Waals surface area (Å²) >= 11 is 0. The molecule has 0 saturated heterocycles. The number of phenolic OH excluding ortho intramolecular Hbond substituents is 5. The zero-order chi connectivity index (χ0) is 24.7. The van der Waals surface area contributed by atoms with Gasteiger partial charge in [0.25, 0.3) is 0 Å². The Morgan fingerprint density at radius 2 is 0.794 bits per heavy atom. The Morgan fingerprint density at radius 3 is 1.21 bits per heavy atom. The van der Waals surface area contributed by atoms with Gasteiger partial charge in [0.15, 0.2) is 0 Å². The van der Waals surface area contributed by atoms with Crippen LogP contribution in [0.1, 0.15) is 48.6 Å². The number of hydrogen-bond acceptors (Lipinski definition) is 5. The van der Waals surface area contributed by atoms with Crippen LogP contribution in [-0.4, -0.2) is 25.5 Å². The van der Waals surface area contributed by atoms with Gasteiger partial charge in [-0.2, -0.15) is 0 Å². The van der Waals surface area contributed by atoms with Crippen LogP contribution >= 0.6 is 0 Å². The lowest BCUT2D eigenvalue weighted by molar-refractivity contribution is 0.427. The maximum atomic E-state index is 10.7. The van der Waals surface area contributed by atoms with E-state index in [0.29, 0.717) is 11.1 Å². The highest BCUT2D eigenvalue weighted by Gasteiger charge is 2.36. The van der Waals surface area contributed by atoms with Gasteiger partial charge in [0.05, 0.1) is 0 Å². The number of aromatic hydroxyl groups is 5. The van der Waals surface area contributed by atoms with Crippen molar-refractivity contribution in [3.63, 3.8) is 0 Å². The molecule has 0 aliphatic heterocycles. The minimum absolute atomic E-state index is 0.0653. The van der Waals surface area contributed by atoms with Gasteiger partial charge in [-0.1, -0.05) is 62.4 Å². The molecule has 0 spiro atoms. The minimum Gasteiger partial charge on any atom is -0.508 e. The summed E-state index contributed by atoms with van der Waals surface area (Å²) < 4.78 is 0. The third-order valence-electron chi connectivity index (χ3n) is 6.81. The van der Waals surface area contributed by atoms with E-state index in [-0.39, 0.29) is 34.2 Å². The maximum absolute atomic E-state index is 10.7. The fourth-order valence-corrected chi connectivity index (χ4v) is 4.61. The summed E-state index contributed by atoms with van der Waals surface area (Å²) in [6, 6.07) is 23.9. The minimum atomic E-state index is -0.989. The van der Waals surface area contributed by atoms with Gasteiger partial charge in [-0.05, 0) is 47.9 Å². The largest absolute Gasteiger partial charge is 0.508 e. The number of phenols is 5. The van der Waals surface area contributed by atoms with Crippen LogP contribution in [0, 0.1) is 0 Å². The molecule has 0 aromatic heterocycles. The van der Waals surface area contributed by atoms with Crippen molar-refractivity contribution in [3.8, 4) is 28.7 Å². The molecule has 5 N–H and O–H groups in total. The highest BCUT2D eigenvalue weighted by molar-refractivity contribution is 5.60. The number of benzene rings is 4. The lowest BCUT2D eigenvalue weighted by Crippen LogP contribution is -2.26. The molecule has 0 bridgehead atoms. The highest BCUT2D eigenvalue weighted by atomic mass is 16.3. The van der Waals surface area contributed by atoms with Gasteiger partial charge in [-0.15, -0.1) is 0 Å². The Hall–Kier alpha value is -4.12. The van der Waals surface area contributed by atoms with Gasteiger partial charge < -0.3 is 25.5 Å². The summed E-state index contributed by atoms with van der Waals surface area (Å²) in [5.41, 5.74) is 2.58. The molecule has 4 rings (SSSR count). The van der Waals surface area contributed by atoms with E-state index in [9.17, 15) is 25.5 Å². The second-order valence-electron chi connectivity index (χ2n) is 9.28. The van der Waals surface area contributed by atoms with Crippen molar-refractivity contribution in [1.29, 1.82) is 0 Å². The van der Waals surface area contributed by atoms with Gasteiger partial charge in [-0.3, -0.25) is 0 Å². The molecule has 0 radical (unpaired) electrons. The van der Waals surface area contributed by atoms with Crippen molar-refractivity contribution in [3.05, 3.63) is 113 Å². The van der Waals surface area contributed by atoms with E-state index < -0.39 is 5.41 Å². The van der Waals surface area contributed by atoms with Crippen LogP contribution < -0.4 is 0 Å². The lowest BCUT2D eigenvalue weighted by atomic mass is 9.69. The lowest BCUT2D eigenvalue weighted by Gasteiger charge is -2.34. The zero-order valence-electron chi connectivity index (χ0n) is 19.3. The Balaban J connectivity index is 1.86. The van der Waals surface area contributed by atoms with Gasteiger partial charge in [0.1, 0.15) is 28.7 Å². The van der Waals surface area contributed by atoms with Crippen molar-refractivity contribution in [2.75, 3.05) is 0 Å². The molecule has 0 amide bonds. The second-order valence-corrected chi connectivity index (χ2v) is 9.28. The predicted octanol–water partition coefficient (Wildman–Crippen LogP) is 5.89. The first kappa shape index (κ1) is 23.1. The molecule has 0 heterocycles. The summed E-state index contributed by atoms with van der Waals surface area (Å²) in [4.78, 5) is 0. The molecular formula is C29H28O5. The molecule has 34 heavy (non-hydrogen) atoms. The topological polar surface area (TPSA) is 101 Å². The Kier molecular flexibility index (Phi) is 5.65. The van der Waals surface area contributed by atoms with Crippen LogP contribution in [0.5, 0.6) is 28.7 Å².